The molecule has 2 aliphatic carbocycles. The third kappa shape index (κ3) is 21.5. The molecule has 0 radical (unpaired) electrons. The number of hydrogen-bond acceptors (Lipinski definition) is 19. The van der Waals surface area contributed by atoms with Gasteiger partial charge in [-0.2, -0.15) is 0 Å². The molecule has 6 aromatic rings. The summed E-state index contributed by atoms with van der Waals surface area (Å²) >= 11 is 2.55. The summed E-state index contributed by atoms with van der Waals surface area (Å²) in [7, 11) is 0. The molecular formula is C80H108ClLiN14O13S2. The van der Waals surface area contributed by atoms with Gasteiger partial charge in [0.2, 0.25) is 35.4 Å². The summed E-state index contributed by atoms with van der Waals surface area (Å²) in [6, 6.07) is 9.79. The number of ketones is 2. The Morgan fingerprint density at radius 1 is 0.523 bits per heavy atom. The van der Waals surface area contributed by atoms with Crippen molar-refractivity contribution >= 4 is 126 Å². The summed E-state index contributed by atoms with van der Waals surface area (Å²) < 4.78 is 13.4. The first-order chi connectivity index (χ1) is 50.2. The number of thiazole rings is 2. The number of ether oxygens (including phenoxy) is 2. The fraction of sp³-hybridized carbons (Fsp3) is 0.525. The van der Waals surface area contributed by atoms with Crippen LogP contribution in [0, 0.1) is 47.3 Å². The van der Waals surface area contributed by atoms with E-state index in [1.54, 1.807) is 35.0 Å². The number of carbonyl (C=O) groups is 10. The minimum Gasteiger partial charge on any atom is -0.870 e. The minimum atomic E-state index is -1.07. The Morgan fingerprint density at radius 3 is 1.15 bits per heavy atom. The largest absolute Gasteiger partial charge is 1.00 e. The van der Waals surface area contributed by atoms with Crippen LogP contribution in [0.3, 0.4) is 0 Å². The number of halogens is 1. The number of amides is 10. The predicted octanol–water partition coefficient (Wildman–Crippen LogP) is 8.79. The van der Waals surface area contributed by atoms with Gasteiger partial charge in [0.1, 0.15) is 70.3 Å². The van der Waals surface area contributed by atoms with Crippen LogP contribution in [-0.4, -0.2) is 167 Å². The first-order valence-electron chi connectivity index (χ1n) is 36.5. The Morgan fingerprint density at radius 2 is 0.865 bits per heavy atom. The molecule has 596 valence electrons. The first kappa shape index (κ1) is 91.0. The molecule has 111 heavy (non-hydrogen) atoms. The second kappa shape index (κ2) is 35.5. The van der Waals surface area contributed by atoms with Gasteiger partial charge in [-0.15, -0.1) is 48.2 Å². The van der Waals surface area contributed by atoms with Gasteiger partial charge in [0, 0.05) is 84.3 Å². The fourth-order valence-corrected chi connectivity index (χ4v) is 14.7. The van der Waals surface area contributed by atoms with Crippen molar-refractivity contribution in [3.05, 3.63) is 95.7 Å². The van der Waals surface area contributed by atoms with E-state index in [4.69, 9.17) is 19.4 Å². The van der Waals surface area contributed by atoms with Gasteiger partial charge < -0.3 is 67.3 Å². The number of urea groups is 2. The molecule has 2 saturated carbocycles. The Kier molecular flexibility index (Phi) is 29.1. The molecule has 2 aromatic carbocycles. The molecule has 0 spiro atoms. The summed E-state index contributed by atoms with van der Waals surface area (Å²) in [5.41, 5.74) is 1.39. The average molecular weight is 1580 g/mol. The standard InChI is InChI=1S/2C40H53N7O6S.ClH.Li.H2O/c2*1-12-25-18-40(25,23(4)48)46-34(50)31-16-26(19-47(31)35(51)33(39(9,10)11)45-36(52)41-22(3)38(6,7)8)53-32-17-29(30-20-54-37(44-30)42-24(5)49)43-28-15-21(2)13-14-27(28)32;;;/h2*12-15,17,20,22,25-26,31,33H,1,16,18-19H2,2-11H3,(H,46,50)(H2,41,45,52)(H,42,44,49);1H;;1H2/q;;;+1;/p-1/t2*22-,25+,26-,31+,33-,40+;;;/m11.../s1. The molecule has 4 fully saturated rings. The number of fused-ring (bicyclic) bond motifs is 2. The van der Waals surface area contributed by atoms with E-state index in [1.165, 1.54) is 60.2 Å². The van der Waals surface area contributed by atoms with Crippen LogP contribution in [0.15, 0.2) is 84.6 Å². The van der Waals surface area contributed by atoms with Gasteiger partial charge in [-0.1, -0.05) is 107 Å². The van der Waals surface area contributed by atoms with Gasteiger partial charge in [0.15, 0.2) is 21.8 Å². The quantitative estimate of drug-likeness (QED) is 0.0232. The Bertz CT molecular complexity index is 4260. The van der Waals surface area contributed by atoms with Crippen molar-refractivity contribution in [2.45, 2.75) is 224 Å². The molecule has 4 aromatic heterocycles. The summed E-state index contributed by atoms with van der Waals surface area (Å²) in [6.45, 7) is 44.4. The number of anilines is 2. The SMILES string of the molecule is C=C[C@H]1C[C@]1(NC(=O)[C@@H]1C[C@@H](Oc2cc(-c3csc(NC(C)=O)n3)nc3cc(C)ccc23)CN1C(=O)[C@@H](NC(=O)N[C@H](C)C(C)(C)C)C(C)(C)C)C(C)=O.C=C[C@H]1C[C@]1(NC(=O)[C@@H]1C[C@@H](Oc2cc(-c3csc(NC(C)=O)n3)nc3cc(C)ccc23)CN1C(=O)[C@@H](NC(=O)N[C@H](C)C(C)(C)C)C(C)(C)C)C(C)=O.Cl.[Li+].[OH-]. The van der Waals surface area contributed by atoms with E-state index in [9.17, 15) is 47.9 Å². The van der Waals surface area contributed by atoms with Crippen LogP contribution in [0.5, 0.6) is 11.5 Å². The van der Waals surface area contributed by atoms with Gasteiger partial charge in [-0.05, 0) is 111 Å². The van der Waals surface area contributed by atoms with Gasteiger partial charge >= 0.3 is 30.9 Å². The molecule has 4 aliphatic rings. The summed E-state index contributed by atoms with van der Waals surface area (Å²) in [4.78, 5) is 155. The molecule has 27 nitrogen and oxygen atoms in total. The normalized spacial score (nSPS) is 21.6. The molecule has 2 saturated heterocycles. The van der Waals surface area contributed by atoms with Crippen molar-refractivity contribution < 1.29 is 81.8 Å². The predicted molar refractivity (Wildman–Crippen MR) is 429 cm³/mol. The molecule has 31 heteroatoms. The zero-order valence-corrected chi connectivity index (χ0v) is 70.1. The number of hydrogen-bond donors (Lipinski definition) is 8. The molecule has 0 unspecified atom stereocenters. The van der Waals surface area contributed by atoms with E-state index in [0.29, 0.717) is 68.4 Å². The van der Waals surface area contributed by atoms with Gasteiger partial charge in [-0.3, -0.25) is 38.4 Å². The maximum atomic E-state index is 14.6. The smallest absolute Gasteiger partial charge is 0.870 e. The molecule has 6 heterocycles. The third-order valence-corrected chi connectivity index (χ3v) is 22.4. The van der Waals surface area contributed by atoms with Crippen LogP contribution < -0.4 is 70.9 Å². The number of nitrogens with one attached hydrogen (secondary N) is 8. The first-order valence-corrected chi connectivity index (χ1v) is 38.3. The fourth-order valence-electron chi connectivity index (χ4n) is 13.2. The van der Waals surface area contributed by atoms with Crippen molar-refractivity contribution in [2.24, 2.45) is 33.5 Å². The molecular weight excluding hydrogens is 1470 g/mol. The number of Topliss-reactive ketones (excluding diaryl/α,β-unsaturated/α-hetero) is 2. The molecule has 9 N–H and O–H groups in total. The summed E-state index contributed by atoms with van der Waals surface area (Å²) in [6.07, 6.45) is 3.16. The van der Waals surface area contributed by atoms with E-state index in [0.717, 1.165) is 21.9 Å². The van der Waals surface area contributed by atoms with Crippen molar-refractivity contribution in [2.75, 3.05) is 23.7 Å². The second-order valence-electron chi connectivity index (χ2n) is 33.6. The Hall–Kier alpha value is -8.85. The van der Waals surface area contributed by atoms with Crippen molar-refractivity contribution in [1.82, 2.24) is 61.6 Å². The van der Waals surface area contributed by atoms with Crippen LogP contribution in [-0.2, 0) is 38.4 Å². The van der Waals surface area contributed by atoms with Crippen LogP contribution in [0.1, 0.15) is 161 Å². The average Bonchev–Trinajstić information content (AvgIpc) is 1.59. The monoisotopic (exact) mass is 1580 g/mol. The topological polar surface area (TPSA) is 373 Å². The number of carbonyl (C=O) groups excluding carboxylic acids is 10. The minimum absolute atomic E-state index is 0. The van der Waals surface area contributed by atoms with E-state index in [1.807, 2.05) is 147 Å². The molecule has 0 bridgehead atoms. The summed E-state index contributed by atoms with van der Waals surface area (Å²) in [5, 5.41) is 29.0. The number of likely N-dealkylation sites (tertiary alicyclic amines) is 2. The molecule has 12 atom stereocenters. The molecule has 10 rings (SSSR count). The van der Waals surface area contributed by atoms with Crippen LogP contribution in [0.2, 0.25) is 0 Å². The van der Waals surface area contributed by atoms with E-state index in [2.05, 4.69) is 65.7 Å². The molecule has 10 amide bonds. The molecule has 2 aliphatic heterocycles. The van der Waals surface area contributed by atoms with Crippen molar-refractivity contribution in [3.8, 4) is 34.3 Å². The van der Waals surface area contributed by atoms with E-state index < -0.39 is 94.0 Å². The maximum absolute atomic E-state index is 14.6. The number of pyridine rings is 2. The summed E-state index contributed by atoms with van der Waals surface area (Å²) in [5.74, 6) is -2.12. The van der Waals surface area contributed by atoms with E-state index in [-0.39, 0.29) is 121 Å². The van der Waals surface area contributed by atoms with Crippen LogP contribution in [0.4, 0.5) is 19.9 Å². The maximum Gasteiger partial charge on any atom is 1.00 e. The van der Waals surface area contributed by atoms with E-state index >= 15 is 0 Å². The Balaban J connectivity index is 0.000000337. The van der Waals surface area contributed by atoms with Gasteiger partial charge in [0.25, 0.3) is 0 Å². The van der Waals surface area contributed by atoms with Crippen LogP contribution >= 0.6 is 35.1 Å². The second-order valence-corrected chi connectivity index (χ2v) is 35.3. The van der Waals surface area contributed by atoms with Crippen molar-refractivity contribution in [3.63, 3.8) is 0 Å². The van der Waals surface area contributed by atoms with Gasteiger partial charge in [0.05, 0.1) is 35.5 Å². The zero-order valence-electron chi connectivity index (χ0n) is 67.6. The van der Waals surface area contributed by atoms with Crippen LogP contribution in [0.25, 0.3) is 44.6 Å². The van der Waals surface area contributed by atoms with Gasteiger partial charge in [-0.25, -0.2) is 29.5 Å². The number of rotatable bonds is 22. The number of benzene rings is 2. The van der Waals surface area contributed by atoms with Crippen molar-refractivity contribution in [1.29, 1.82) is 0 Å². The number of nitrogens with zero attached hydrogens (tertiary/aromatic N) is 6. The zero-order chi connectivity index (χ0) is 79.8. The Labute approximate surface area is 676 Å². The number of aromatic nitrogens is 4. The number of aryl methyl sites for hydroxylation is 2. The third-order valence-electron chi connectivity index (χ3n) is 20.9.